The SMILES string of the molecule is O=C(NCCNC(=O)c1ccc(Cn2cccn2)cc1)c1ccccc1. The van der Waals surface area contributed by atoms with Gasteiger partial charge in [-0.2, -0.15) is 5.10 Å². The molecular formula is C20H20N4O2. The van der Waals surface area contributed by atoms with E-state index in [4.69, 9.17) is 0 Å². The van der Waals surface area contributed by atoms with Crippen LogP contribution in [0.5, 0.6) is 0 Å². The Balaban J connectivity index is 1.42. The minimum absolute atomic E-state index is 0.150. The summed E-state index contributed by atoms with van der Waals surface area (Å²) in [5.74, 6) is -0.313. The van der Waals surface area contributed by atoms with E-state index in [0.717, 1.165) is 5.56 Å². The van der Waals surface area contributed by atoms with E-state index in [-0.39, 0.29) is 11.8 Å². The molecular weight excluding hydrogens is 328 g/mol. The summed E-state index contributed by atoms with van der Waals surface area (Å²) < 4.78 is 1.82. The maximum atomic E-state index is 12.1. The standard InChI is InChI=1S/C20H20N4O2/c25-19(17-5-2-1-3-6-17)21-12-13-22-20(26)18-9-7-16(8-10-18)15-24-14-4-11-23-24/h1-11,14H,12-13,15H2,(H,21,25)(H,22,26). The molecule has 3 rings (SSSR count). The number of rotatable bonds is 7. The normalized spacial score (nSPS) is 10.3. The number of carbonyl (C=O) groups is 2. The van der Waals surface area contributed by atoms with Gasteiger partial charge in [0.25, 0.3) is 11.8 Å². The van der Waals surface area contributed by atoms with Crippen LogP contribution in [0.25, 0.3) is 0 Å². The molecule has 0 unspecified atom stereocenters. The monoisotopic (exact) mass is 348 g/mol. The van der Waals surface area contributed by atoms with Gasteiger partial charge in [-0.3, -0.25) is 14.3 Å². The molecule has 132 valence electrons. The van der Waals surface area contributed by atoms with Gasteiger partial charge in [0.05, 0.1) is 6.54 Å². The number of hydrogen-bond acceptors (Lipinski definition) is 3. The maximum absolute atomic E-state index is 12.1. The van der Waals surface area contributed by atoms with Crippen LogP contribution in [0.15, 0.2) is 73.1 Å². The fraction of sp³-hybridized carbons (Fsp3) is 0.150. The third-order valence-corrected chi connectivity index (χ3v) is 3.85. The first-order valence-electron chi connectivity index (χ1n) is 8.40. The van der Waals surface area contributed by atoms with E-state index >= 15 is 0 Å². The molecule has 0 fully saturated rings. The van der Waals surface area contributed by atoms with Gasteiger partial charge in [-0.05, 0) is 35.9 Å². The van der Waals surface area contributed by atoms with Crippen molar-refractivity contribution in [3.05, 3.63) is 89.7 Å². The predicted molar refractivity (Wildman–Crippen MR) is 98.9 cm³/mol. The van der Waals surface area contributed by atoms with Gasteiger partial charge in [0.2, 0.25) is 0 Å². The number of amides is 2. The highest BCUT2D eigenvalue weighted by Crippen LogP contribution is 2.06. The first kappa shape index (κ1) is 17.4. The van der Waals surface area contributed by atoms with Crippen LogP contribution < -0.4 is 10.6 Å². The lowest BCUT2D eigenvalue weighted by molar-refractivity contribution is 0.0927. The summed E-state index contributed by atoms with van der Waals surface area (Å²) in [7, 11) is 0. The number of carbonyl (C=O) groups excluding carboxylic acids is 2. The zero-order valence-corrected chi connectivity index (χ0v) is 14.3. The van der Waals surface area contributed by atoms with E-state index in [0.29, 0.717) is 30.8 Å². The highest BCUT2D eigenvalue weighted by Gasteiger charge is 2.06. The van der Waals surface area contributed by atoms with E-state index in [1.807, 2.05) is 47.3 Å². The third kappa shape index (κ3) is 4.80. The summed E-state index contributed by atoms with van der Waals surface area (Å²) in [5, 5.41) is 9.73. The summed E-state index contributed by atoms with van der Waals surface area (Å²) in [4.78, 5) is 24.0. The zero-order chi connectivity index (χ0) is 18.2. The van der Waals surface area contributed by atoms with Crippen molar-refractivity contribution in [1.29, 1.82) is 0 Å². The van der Waals surface area contributed by atoms with E-state index in [2.05, 4.69) is 15.7 Å². The molecule has 0 spiro atoms. The Morgan fingerprint density at radius 3 is 2.00 bits per heavy atom. The smallest absolute Gasteiger partial charge is 0.251 e. The van der Waals surface area contributed by atoms with E-state index in [1.165, 1.54) is 0 Å². The predicted octanol–water partition coefficient (Wildman–Crippen LogP) is 2.09. The maximum Gasteiger partial charge on any atom is 0.251 e. The molecule has 1 heterocycles. The topological polar surface area (TPSA) is 76.0 Å². The van der Waals surface area contributed by atoms with Gasteiger partial charge in [-0.25, -0.2) is 0 Å². The van der Waals surface area contributed by atoms with Gasteiger partial charge in [0, 0.05) is 36.6 Å². The molecule has 0 bridgehead atoms. The van der Waals surface area contributed by atoms with Crippen molar-refractivity contribution in [3.8, 4) is 0 Å². The highest BCUT2D eigenvalue weighted by atomic mass is 16.2. The molecule has 3 aromatic rings. The molecule has 0 atom stereocenters. The Bertz CT molecular complexity index is 843. The largest absolute Gasteiger partial charge is 0.350 e. The molecule has 2 N–H and O–H groups in total. The van der Waals surface area contributed by atoms with Crippen molar-refractivity contribution >= 4 is 11.8 Å². The Kier molecular flexibility index (Phi) is 5.77. The third-order valence-electron chi connectivity index (χ3n) is 3.85. The van der Waals surface area contributed by atoms with Crippen LogP contribution in [0.3, 0.4) is 0 Å². The van der Waals surface area contributed by atoms with E-state index < -0.39 is 0 Å². The Morgan fingerprint density at radius 1 is 0.808 bits per heavy atom. The Hall–Kier alpha value is -3.41. The number of nitrogens with one attached hydrogen (secondary N) is 2. The van der Waals surface area contributed by atoms with Gasteiger partial charge in [0.1, 0.15) is 0 Å². The summed E-state index contributed by atoms with van der Waals surface area (Å²) in [6, 6.07) is 18.3. The molecule has 2 aromatic carbocycles. The summed E-state index contributed by atoms with van der Waals surface area (Å²) >= 11 is 0. The van der Waals surface area contributed by atoms with Crippen LogP contribution in [0, 0.1) is 0 Å². The van der Waals surface area contributed by atoms with Crippen LogP contribution in [0.1, 0.15) is 26.3 Å². The van der Waals surface area contributed by atoms with Gasteiger partial charge in [-0.15, -0.1) is 0 Å². The number of benzene rings is 2. The molecule has 2 amide bonds. The molecule has 0 saturated heterocycles. The highest BCUT2D eigenvalue weighted by molar-refractivity contribution is 5.95. The fourth-order valence-electron chi connectivity index (χ4n) is 2.49. The second-order valence-electron chi connectivity index (χ2n) is 5.78. The van der Waals surface area contributed by atoms with Crippen LogP contribution in [-0.4, -0.2) is 34.7 Å². The second kappa shape index (κ2) is 8.62. The summed E-state index contributed by atoms with van der Waals surface area (Å²) in [6.45, 7) is 1.41. The van der Waals surface area contributed by atoms with Gasteiger partial charge >= 0.3 is 0 Å². The minimum Gasteiger partial charge on any atom is -0.350 e. The zero-order valence-electron chi connectivity index (χ0n) is 14.3. The van der Waals surface area contributed by atoms with Crippen LogP contribution in [0.4, 0.5) is 0 Å². The summed E-state index contributed by atoms with van der Waals surface area (Å²) in [6.07, 6.45) is 3.63. The summed E-state index contributed by atoms with van der Waals surface area (Å²) in [5.41, 5.74) is 2.26. The molecule has 0 saturated carbocycles. The molecule has 0 aliphatic heterocycles. The molecule has 6 heteroatoms. The van der Waals surface area contributed by atoms with E-state index in [1.54, 1.807) is 30.5 Å². The van der Waals surface area contributed by atoms with Crippen molar-refractivity contribution in [2.45, 2.75) is 6.54 Å². The lowest BCUT2D eigenvalue weighted by atomic mass is 10.1. The molecule has 0 aliphatic rings. The van der Waals surface area contributed by atoms with Crippen molar-refractivity contribution < 1.29 is 9.59 Å². The van der Waals surface area contributed by atoms with Crippen molar-refractivity contribution in [2.24, 2.45) is 0 Å². The van der Waals surface area contributed by atoms with Crippen molar-refractivity contribution in [3.63, 3.8) is 0 Å². The van der Waals surface area contributed by atoms with Gasteiger partial charge in [0.15, 0.2) is 0 Å². The lowest BCUT2D eigenvalue weighted by Gasteiger charge is -2.08. The lowest BCUT2D eigenvalue weighted by Crippen LogP contribution is -2.34. The fourth-order valence-corrected chi connectivity index (χ4v) is 2.49. The van der Waals surface area contributed by atoms with Crippen molar-refractivity contribution in [2.75, 3.05) is 13.1 Å². The molecule has 26 heavy (non-hydrogen) atoms. The Labute approximate surface area is 151 Å². The molecule has 0 aliphatic carbocycles. The number of nitrogens with zero attached hydrogens (tertiary/aromatic N) is 2. The molecule has 1 aromatic heterocycles. The van der Waals surface area contributed by atoms with E-state index in [9.17, 15) is 9.59 Å². The first-order chi connectivity index (χ1) is 12.7. The van der Waals surface area contributed by atoms with Crippen LogP contribution in [-0.2, 0) is 6.54 Å². The number of hydrogen-bond donors (Lipinski definition) is 2. The van der Waals surface area contributed by atoms with Crippen LogP contribution >= 0.6 is 0 Å². The van der Waals surface area contributed by atoms with Gasteiger partial charge < -0.3 is 10.6 Å². The molecule has 6 nitrogen and oxygen atoms in total. The quantitative estimate of drug-likeness (QED) is 0.642. The molecule has 0 radical (unpaired) electrons. The average molecular weight is 348 g/mol. The second-order valence-corrected chi connectivity index (χ2v) is 5.78. The Morgan fingerprint density at radius 2 is 1.42 bits per heavy atom. The number of aromatic nitrogens is 2. The first-order valence-corrected chi connectivity index (χ1v) is 8.40. The van der Waals surface area contributed by atoms with Crippen molar-refractivity contribution in [1.82, 2.24) is 20.4 Å². The van der Waals surface area contributed by atoms with Gasteiger partial charge in [-0.1, -0.05) is 30.3 Å². The average Bonchev–Trinajstić information content (AvgIpc) is 3.19. The minimum atomic E-state index is -0.162. The van der Waals surface area contributed by atoms with Crippen LogP contribution in [0.2, 0.25) is 0 Å².